The van der Waals surface area contributed by atoms with Crippen LogP contribution in [-0.2, 0) is 0 Å². The normalized spacial score (nSPS) is 15.1. The molecular formula is C12H19NS. The van der Waals surface area contributed by atoms with Gasteiger partial charge in [0.1, 0.15) is 0 Å². The van der Waals surface area contributed by atoms with Crippen molar-refractivity contribution in [3.8, 4) is 0 Å². The third-order valence-electron chi connectivity index (χ3n) is 2.13. The van der Waals surface area contributed by atoms with E-state index < -0.39 is 0 Å². The number of rotatable bonds is 4. The van der Waals surface area contributed by atoms with Crippen molar-refractivity contribution in [3.63, 3.8) is 0 Å². The first-order valence-electron chi connectivity index (χ1n) is 5.07. The van der Waals surface area contributed by atoms with Crippen LogP contribution >= 0.6 is 11.8 Å². The average Bonchev–Trinajstić information content (AvgIpc) is 2.07. The van der Waals surface area contributed by atoms with Gasteiger partial charge in [-0.05, 0) is 31.9 Å². The number of hydrogen-bond acceptors (Lipinski definition) is 2. The second kappa shape index (κ2) is 5.42. The molecule has 0 bridgehead atoms. The van der Waals surface area contributed by atoms with Crippen LogP contribution in [0.25, 0.3) is 0 Å². The summed E-state index contributed by atoms with van der Waals surface area (Å²) in [4.78, 5) is 1.38. The minimum absolute atomic E-state index is 0.293. The molecule has 2 heteroatoms. The van der Waals surface area contributed by atoms with Gasteiger partial charge in [0.15, 0.2) is 0 Å². The molecule has 1 nitrogen and oxygen atoms in total. The molecule has 1 aromatic carbocycles. The second-order valence-electron chi connectivity index (χ2n) is 3.91. The largest absolute Gasteiger partial charge is 0.328 e. The number of nitrogens with two attached hydrogens (primary N) is 1. The van der Waals surface area contributed by atoms with Gasteiger partial charge >= 0.3 is 0 Å². The first-order valence-corrected chi connectivity index (χ1v) is 5.95. The van der Waals surface area contributed by atoms with Crippen molar-refractivity contribution >= 4 is 11.8 Å². The van der Waals surface area contributed by atoms with Gasteiger partial charge < -0.3 is 5.73 Å². The molecule has 2 atom stereocenters. The Labute approximate surface area is 91.1 Å². The monoisotopic (exact) mass is 209 g/mol. The maximum atomic E-state index is 5.77. The van der Waals surface area contributed by atoms with Crippen molar-refractivity contribution in [2.24, 2.45) is 5.73 Å². The van der Waals surface area contributed by atoms with Gasteiger partial charge in [-0.25, -0.2) is 0 Å². The van der Waals surface area contributed by atoms with Gasteiger partial charge in [0.05, 0.1) is 0 Å². The topological polar surface area (TPSA) is 26.0 Å². The van der Waals surface area contributed by atoms with Crippen molar-refractivity contribution in [2.75, 3.05) is 0 Å². The van der Waals surface area contributed by atoms with E-state index in [9.17, 15) is 0 Å². The fourth-order valence-electron chi connectivity index (χ4n) is 1.48. The molecule has 0 saturated carbocycles. The summed E-state index contributed by atoms with van der Waals surface area (Å²) in [5.41, 5.74) is 7.13. The fourth-order valence-corrected chi connectivity index (χ4v) is 2.72. The predicted octanol–water partition coefficient (Wildman–Crippen LogP) is 3.21. The van der Waals surface area contributed by atoms with Crippen molar-refractivity contribution in [3.05, 3.63) is 29.8 Å². The first-order chi connectivity index (χ1) is 6.59. The highest BCUT2D eigenvalue weighted by molar-refractivity contribution is 8.00. The highest BCUT2D eigenvalue weighted by atomic mass is 32.2. The van der Waals surface area contributed by atoms with Gasteiger partial charge in [0.2, 0.25) is 0 Å². The predicted molar refractivity (Wildman–Crippen MR) is 64.8 cm³/mol. The quantitative estimate of drug-likeness (QED) is 0.771. The second-order valence-corrected chi connectivity index (χ2v) is 5.39. The van der Waals surface area contributed by atoms with E-state index in [0.717, 1.165) is 6.42 Å². The lowest BCUT2D eigenvalue weighted by atomic mass is 10.2. The van der Waals surface area contributed by atoms with Crippen molar-refractivity contribution in [1.29, 1.82) is 0 Å². The third-order valence-corrected chi connectivity index (χ3v) is 3.43. The van der Waals surface area contributed by atoms with Crippen molar-refractivity contribution < 1.29 is 0 Å². The SMILES string of the molecule is Cc1ccccc1SC(C)CC(C)N. The van der Waals surface area contributed by atoms with Crippen LogP contribution in [0.15, 0.2) is 29.2 Å². The van der Waals surface area contributed by atoms with Crippen LogP contribution in [-0.4, -0.2) is 11.3 Å². The molecular weight excluding hydrogens is 190 g/mol. The van der Waals surface area contributed by atoms with Crippen molar-refractivity contribution in [1.82, 2.24) is 0 Å². The summed E-state index contributed by atoms with van der Waals surface area (Å²) in [6.45, 7) is 6.45. The van der Waals surface area contributed by atoms with Gasteiger partial charge in [0.25, 0.3) is 0 Å². The number of hydrogen-bond donors (Lipinski definition) is 1. The minimum atomic E-state index is 0.293. The highest BCUT2D eigenvalue weighted by Crippen LogP contribution is 2.28. The summed E-state index contributed by atoms with van der Waals surface area (Å²) in [5.74, 6) is 0. The Morgan fingerprint density at radius 3 is 2.50 bits per heavy atom. The van der Waals surface area contributed by atoms with Crippen LogP contribution in [0.3, 0.4) is 0 Å². The Balaban J connectivity index is 2.56. The summed E-state index contributed by atoms with van der Waals surface area (Å²) in [7, 11) is 0. The number of benzene rings is 1. The molecule has 1 aromatic rings. The van der Waals surface area contributed by atoms with Gasteiger partial charge in [-0.2, -0.15) is 0 Å². The van der Waals surface area contributed by atoms with E-state index in [1.807, 2.05) is 11.8 Å². The Kier molecular flexibility index (Phi) is 4.49. The van der Waals surface area contributed by atoms with E-state index in [1.165, 1.54) is 10.5 Å². The molecule has 0 saturated heterocycles. The summed E-state index contributed by atoms with van der Waals surface area (Å²) in [6.07, 6.45) is 1.07. The lowest BCUT2D eigenvalue weighted by Gasteiger charge is -2.14. The molecule has 0 amide bonds. The van der Waals surface area contributed by atoms with Gasteiger partial charge in [-0.15, -0.1) is 11.8 Å². The Hall–Kier alpha value is -0.470. The zero-order chi connectivity index (χ0) is 10.6. The zero-order valence-electron chi connectivity index (χ0n) is 9.16. The molecule has 0 radical (unpaired) electrons. The van der Waals surface area contributed by atoms with E-state index in [1.54, 1.807) is 0 Å². The summed E-state index contributed by atoms with van der Waals surface area (Å²) >= 11 is 1.92. The summed E-state index contributed by atoms with van der Waals surface area (Å²) in [5, 5.41) is 0.594. The Bertz CT molecular complexity index is 283. The smallest absolute Gasteiger partial charge is 0.0104 e. The Morgan fingerprint density at radius 1 is 1.29 bits per heavy atom. The lowest BCUT2D eigenvalue weighted by Crippen LogP contribution is -2.19. The third kappa shape index (κ3) is 3.72. The summed E-state index contributed by atoms with van der Waals surface area (Å²) < 4.78 is 0. The van der Waals surface area contributed by atoms with Crippen LogP contribution in [0.4, 0.5) is 0 Å². The van der Waals surface area contributed by atoms with E-state index in [-0.39, 0.29) is 0 Å². The van der Waals surface area contributed by atoms with Crippen molar-refractivity contribution in [2.45, 2.75) is 43.4 Å². The molecule has 0 aliphatic rings. The molecule has 0 aliphatic carbocycles. The van der Waals surface area contributed by atoms with Crippen LogP contribution in [0.5, 0.6) is 0 Å². The molecule has 1 rings (SSSR count). The first kappa shape index (κ1) is 11.6. The lowest BCUT2D eigenvalue weighted by molar-refractivity contribution is 0.663. The molecule has 0 aliphatic heterocycles. The van der Waals surface area contributed by atoms with E-state index in [2.05, 4.69) is 45.0 Å². The molecule has 2 N–H and O–H groups in total. The van der Waals surface area contributed by atoms with Gasteiger partial charge in [-0.3, -0.25) is 0 Å². The van der Waals surface area contributed by atoms with E-state index in [4.69, 9.17) is 5.73 Å². The van der Waals surface area contributed by atoms with E-state index >= 15 is 0 Å². The standard InChI is InChI=1S/C12H19NS/c1-9-6-4-5-7-12(9)14-11(3)8-10(2)13/h4-7,10-11H,8,13H2,1-3H3. The maximum Gasteiger partial charge on any atom is 0.0104 e. The molecule has 0 aromatic heterocycles. The van der Waals surface area contributed by atoms with Crippen LogP contribution in [0, 0.1) is 6.92 Å². The average molecular weight is 209 g/mol. The fraction of sp³-hybridized carbons (Fsp3) is 0.500. The van der Waals surface area contributed by atoms with Crippen LogP contribution < -0.4 is 5.73 Å². The molecule has 0 spiro atoms. The molecule has 0 heterocycles. The molecule has 14 heavy (non-hydrogen) atoms. The van der Waals surface area contributed by atoms with Crippen LogP contribution in [0.1, 0.15) is 25.8 Å². The Morgan fingerprint density at radius 2 is 1.93 bits per heavy atom. The highest BCUT2D eigenvalue weighted by Gasteiger charge is 2.07. The minimum Gasteiger partial charge on any atom is -0.328 e. The van der Waals surface area contributed by atoms with Crippen LogP contribution in [0.2, 0.25) is 0 Å². The summed E-state index contributed by atoms with van der Waals surface area (Å²) in [6, 6.07) is 8.80. The maximum absolute atomic E-state index is 5.77. The number of aryl methyl sites for hydroxylation is 1. The number of thioether (sulfide) groups is 1. The zero-order valence-corrected chi connectivity index (χ0v) is 9.97. The molecule has 78 valence electrons. The molecule has 2 unspecified atom stereocenters. The van der Waals surface area contributed by atoms with Gasteiger partial charge in [0, 0.05) is 16.2 Å². The van der Waals surface area contributed by atoms with Gasteiger partial charge in [-0.1, -0.05) is 25.1 Å². The molecule has 0 fully saturated rings. The van der Waals surface area contributed by atoms with E-state index in [0.29, 0.717) is 11.3 Å².